The Hall–Kier alpha value is -1.10. The van der Waals surface area contributed by atoms with E-state index in [9.17, 15) is 0 Å². The molecule has 1 aromatic carbocycles. The first-order valence-electron chi connectivity index (χ1n) is 9.53. The van der Waals surface area contributed by atoms with E-state index in [1.807, 2.05) is 30.3 Å². The minimum Gasteiger partial charge on any atom is -0.497 e. The number of benzene rings is 1. The van der Waals surface area contributed by atoms with Crippen molar-refractivity contribution in [2.45, 2.75) is 65.5 Å². The molecule has 0 N–H and O–H groups in total. The molecule has 3 nitrogen and oxygen atoms in total. The Morgan fingerprint density at radius 2 is 1.69 bits per heavy atom. The quantitative estimate of drug-likeness (QED) is 0.366. The molecule has 1 rings (SSSR count). The van der Waals surface area contributed by atoms with Crippen LogP contribution in [-0.4, -0.2) is 28.1 Å². The van der Waals surface area contributed by atoms with Crippen LogP contribution in [0.25, 0.3) is 0 Å². The zero-order valence-corrected chi connectivity index (χ0v) is 19.0. The van der Waals surface area contributed by atoms with E-state index < -0.39 is 8.32 Å². The van der Waals surface area contributed by atoms with Crippen molar-refractivity contribution in [2.24, 2.45) is 11.8 Å². The summed E-state index contributed by atoms with van der Waals surface area (Å²) in [6, 6.07) is 8.03. The van der Waals surface area contributed by atoms with Gasteiger partial charge in [0.1, 0.15) is 5.75 Å². The van der Waals surface area contributed by atoms with E-state index in [4.69, 9.17) is 13.9 Å². The molecule has 3 atom stereocenters. The van der Waals surface area contributed by atoms with Crippen LogP contribution in [0.2, 0.25) is 18.1 Å². The minimum atomic E-state index is -1.75. The van der Waals surface area contributed by atoms with Gasteiger partial charge in [-0.05, 0) is 35.8 Å². The lowest BCUT2D eigenvalue weighted by molar-refractivity contribution is -0.0292. The van der Waals surface area contributed by atoms with Crippen molar-refractivity contribution in [1.29, 1.82) is 0 Å². The van der Waals surface area contributed by atoms with Crippen LogP contribution in [0.1, 0.15) is 40.2 Å². The van der Waals surface area contributed by atoms with Gasteiger partial charge >= 0.3 is 0 Å². The minimum absolute atomic E-state index is 0.0828. The summed E-state index contributed by atoms with van der Waals surface area (Å²) in [5.41, 5.74) is 1.14. The molecule has 0 unspecified atom stereocenters. The summed E-state index contributed by atoms with van der Waals surface area (Å²) in [6.45, 7) is 21.0. The maximum atomic E-state index is 6.42. The Bertz CT molecular complexity index is 546. The van der Waals surface area contributed by atoms with Gasteiger partial charge in [-0.3, -0.25) is 0 Å². The lowest BCUT2D eigenvalue weighted by atomic mass is 9.94. The largest absolute Gasteiger partial charge is 0.497 e. The monoisotopic (exact) mass is 378 g/mol. The Morgan fingerprint density at radius 3 is 2.15 bits per heavy atom. The molecular weight excluding hydrogens is 340 g/mol. The molecule has 0 bridgehead atoms. The lowest BCUT2D eigenvalue weighted by Crippen LogP contribution is -2.43. The number of methoxy groups -OCH3 is 1. The smallest absolute Gasteiger partial charge is 0.191 e. The van der Waals surface area contributed by atoms with Crippen molar-refractivity contribution in [3.63, 3.8) is 0 Å². The molecule has 0 amide bonds. The van der Waals surface area contributed by atoms with Gasteiger partial charge in [-0.2, -0.15) is 0 Å². The second-order valence-corrected chi connectivity index (χ2v) is 13.6. The molecule has 0 aliphatic carbocycles. The van der Waals surface area contributed by atoms with Crippen molar-refractivity contribution >= 4 is 8.32 Å². The summed E-state index contributed by atoms with van der Waals surface area (Å²) in [5.74, 6) is 1.43. The van der Waals surface area contributed by atoms with E-state index in [0.29, 0.717) is 12.5 Å². The first kappa shape index (κ1) is 22.9. The molecule has 0 spiro atoms. The molecule has 148 valence electrons. The summed E-state index contributed by atoms with van der Waals surface area (Å²) in [6.07, 6.45) is 2.06. The maximum absolute atomic E-state index is 6.42. The Labute approximate surface area is 161 Å². The van der Waals surface area contributed by atoms with Gasteiger partial charge in [-0.15, -0.1) is 6.58 Å². The third kappa shape index (κ3) is 6.56. The molecule has 0 aliphatic rings. The summed E-state index contributed by atoms with van der Waals surface area (Å²) in [4.78, 5) is 0. The first-order chi connectivity index (χ1) is 12.0. The molecule has 0 heterocycles. The molecular formula is C22H38O3Si. The highest BCUT2D eigenvalue weighted by atomic mass is 28.4. The zero-order chi connectivity index (χ0) is 20.0. The summed E-state index contributed by atoms with van der Waals surface area (Å²) < 4.78 is 17.9. The van der Waals surface area contributed by atoms with Gasteiger partial charge in [0, 0.05) is 18.4 Å². The third-order valence-electron chi connectivity index (χ3n) is 5.57. The molecule has 1 aromatic rings. The molecule has 0 aliphatic heterocycles. The van der Waals surface area contributed by atoms with E-state index in [1.54, 1.807) is 7.11 Å². The summed E-state index contributed by atoms with van der Waals surface area (Å²) in [7, 11) is -0.0733. The van der Waals surface area contributed by atoms with E-state index in [0.717, 1.165) is 17.9 Å². The SMILES string of the molecule is C=C[C@@H](C)[C@H](OCc1ccc(OC)cc1)[C@H](C)CO[Si](C)(C)C(C)(C)C. The number of rotatable bonds is 10. The van der Waals surface area contributed by atoms with E-state index >= 15 is 0 Å². The van der Waals surface area contributed by atoms with Crippen LogP contribution in [0, 0.1) is 11.8 Å². The third-order valence-corrected chi connectivity index (χ3v) is 10.1. The lowest BCUT2D eigenvalue weighted by Gasteiger charge is -2.38. The van der Waals surface area contributed by atoms with Gasteiger partial charge in [0.15, 0.2) is 8.32 Å². The van der Waals surface area contributed by atoms with Crippen LogP contribution in [0.5, 0.6) is 5.75 Å². The highest BCUT2D eigenvalue weighted by Gasteiger charge is 2.38. The van der Waals surface area contributed by atoms with Crippen LogP contribution >= 0.6 is 0 Å². The van der Waals surface area contributed by atoms with Crippen LogP contribution < -0.4 is 4.74 Å². The topological polar surface area (TPSA) is 27.7 Å². The summed E-state index contributed by atoms with van der Waals surface area (Å²) in [5, 5.41) is 0.218. The fraction of sp³-hybridized carbons (Fsp3) is 0.636. The second kappa shape index (κ2) is 9.72. The van der Waals surface area contributed by atoms with Crippen LogP contribution in [0.3, 0.4) is 0 Å². The van der Waals surface area contributed by atoms with Crippen LogP contribution in [0.15, 0.2) is 36.9 Å². The van der Waals surface area contributed by atoms with Crippen molar-refractivity contribution in [2.75, 3.05) is 13.7 Å². The van der Waals surface area contributed by atoms with Gasteiger partial charge in [0.25, 0.3) is 0 Å². The molecule has 0 radical (unpaired) electrons. The number of hydrogen-bond acceptors (Lipinski definition) is 3. The van der Waals surface area contributed by atoms with E-state index in [-0.39, 0.29) is 17.1 Å². The van der Waals surface area contributed by atoms with Crippen LogP contribution in [-0.2, 0) is 15.8 Å². The summed E-state index contributed by atoms with van der Waals surface area (Å²) >= 11 is 0. The number of ether oxygens (including phenoxy) is 2. The first-order valence-corrected chi connectivity index (χ1v) is 12.4. The maximum Gasteiger partial charge on any atom is 0.191 e. The van der Waals surface area contributed by atoms with Crippen molar-refractivity contribution in [3.8, 4) is 5.75 Å². The number of hydrogen-bond donors (Lipinski definition) is 0. The van der Waals surface area contributed by atoms with Gasteiger partial charge in [-0.1, -0.05) is 52.8 Å². The second-order valence-electron chi connectivity index (χ2n) is 8.77. The normalized spacial score (nSPS) is 16.0. The van der Waals surface area contributed by atoms with Crippen molar-refractivity contribution < 1.29 is 13.9 Å². The Kier molecular flexibility index (Phi) is 8.58. The predicted octanol–water partition coefficient (Wildman–Crippen LogP) is 6.06. The van der Waals surface area contributed by atoms with Crippen molar-refractivity contribution in [3.05, 3.63) is 42.5 Å². The fourth-order valence-corrected chi connectivity index (χ4v) is 3.65. The Balaban J connectivity index is 2.71. The average Bonchev–Trinajstić information content (AvgIpc) is 2.59. The Morgan fingerprint density at radius 1 is 1.12 bits per heavy atom. The van der Waals surface area contributed by atoms with E-state index in [2.05, 4.69) is 54.3 Å². The fourth-order valence-electron chi connectivity index (χ4n) is 2.53. The zero-order valence-electron chi connectivity index (χ0n) is 18.0. The standard InChI is InChI=1S/C22H38O3Si/c1-10-17(2)21(18(3)15-25-26(8,9)22(4,5)6)24-16-19-11-13-20(23-7)14-12-19/h10-14,17-18,21H,1,15-16H2,2-9H3/t17-,18-,21+/m1/s1. The molecule has 0 fully saturated rings. The molecule has 26 heavy (non-hydrogen) atoms. The van der Waals surface area contributed by atoms with Crippen LogP contribution in [0.4, 0.5) is 0 Å². The average molecular weight is 379 g/mol. The molecule has 0 aromatic heterocycles. The van der Waals surface area contributed by atoms with Gasteiger partial charge in [0.05, 0.1) is 19.8 Å². The van der Waals surface area contributed by atoms with Crippen molar-refractivity contribution in [1.82, 2.24) is 0 Å². The predicted molar refractivity (Wildman–Crippen MR) is 113 cm³/mol. The van der Waals surface area contributed by atoms with Gasteiger partial charge in [-0.25, -0.2) is 0 Å². The van der Waals surface area contributed by atoms with E-state index in [1.165, 1.54) is 0 Å². The molecule has 4 heteroatoms. The van der Waals surface area contributed by atoms with Gasteiger partial charge in [0.2, 0.25) is 0 Å². The molecule has 0 saturated carbocycles. The highest BCUT2D eigenvalue weighted by molar-refractivity contribution is 6.74. The molecule has 0 saturated heterocycles. The van der Waals surface area contributed by atoms with Gasteiger partial charge < -0.3 is 13.9 Å². The highest BCUT2D eigenvalue weighted by Crippen LogP contribution is 2.37.